The van der Waals surface area contributed by atoms with Crippen LogP contribution in [0, 0.1) is 0 Å². The molecule has 0 aliphatic carbocycles. The van der Waals surface area contributed by atoms with Crippen LogP contribution < -0.4 is 5.32 Å². The third-order valence-electron chi connectivity index (χ3n) is 3.40. The summed E-state index contributed by atoms with van der Waals surface area (Å²) in [4.78, 5) is 35.5. The summed E-state index contributed by atoms with van der Waals surface area (Å²) in [7, 11) is 0. The maximum Gasteiger partial charge on any atom is 0.324 e. The van der Waals surface area contributed by atoms with E-state index in [9.17, 15) is 14.4 Å². The molecule has 24 heavy (non-hydrogen) atoms. The van der Waals surface area contributed by atoms with E-state index in [1.807, 2.05) is 0 Å². The Morgan fingerprint density at radius 2 is 2.25 bits per heavy atom. The Hall–Kier alpha value is -3.10. The molecule has 1 aliphatic heterocycles. The zero-order valence-electron chi connectivity index (χ0n) is 12.7. The Bertz CT molecular complexity index is 720. The molecule has 1 aliphatic rings. The first-order valence-corrected chi connectivity index (χ1v) is 7.37. The van der Waals surface area contributed by atoms with Crippen molar-refractivity contribution < 1.29 is 28.1 Å². The lowest BCUT2D eigenvalue weighted by Crippen LogP contribution is -2.32. The van der Waals surface area contributed by atoms with Crippen LogP contribution in [0.4, 0.5) is 4.79 Å². The average molecular weight is 333 g/mol. The van der Waals surface area contributed by atoms with E-state index >= 15 is 0 Å². The van der Waals surface area contributed by atoms with Crippen LogP contribution in [-0.2, 0) is 20.9 Å². The van der Waals surface area contributed by atoms with Gasteiger partial charge >= 0.3 is 12.0 Å². The lowest BCUT2D eigenvalue weighted by Gasteiger charge is -2.11. The molecule has 0 unspecified atom stereocenters. The molecule has 1 fully saturated rings. The number of nitrogens with one attached hydrogen (secondary N) is 1. The van der Waals surface area contributed by atoms with Gasteiger partial charge in [0.2, 0.25) is 11.7 Å². The van der Waals surface area contributed by atoms with Gasteiger partial charge in [-0.3, -0.25) is 14.5 Å². The number of nitrogens with zero attached hydrogens (tertiary/aromatic N) is 2. The monoisotopic (exact) mass is 333 g/mol. The molecule has 0 radical (unpaired) electrons. The highest BCUT2D eigenvalue weighted by molar-refractivity contribution is 6.01. The molecule has 0 atom stereocenters. The topological polar surface area (TPSA) is 115 Å². The van der Waals surface area contributed by atoms with Gasteiger partial charge in [0.15, 0.2) is 5.76 Å². The van der Waals surface area contributed by atoms with E-state index in [4.69, 9.17) is 13.7 Å². The fourth-order valence-corrected chi connectivity index (χ4v) is 2.20. The van der Waals surface area contributed by atoms with Crippen LogP contribution in [0.3, 0.4) is 0 Å². The number of esters is 1. The lowest BCUT2D eigenvalue weighted by atomic mass is 10.3. The predicted molar refractivity (Wildman–Crippen MR) is 78.3 cm³/mol. The van der Waals surface area contributed by atoms with E-state index in [-0.39, 0.29) is 32.0 Å². The lowest BCUT2D eigenvalue weighted by molar-refractivity contribution is -0.145. The smallest absolute Gasteiger partial charge is 0.324 e. The maximum atomic E-state index is 11.7. The largest absolute Gasteiger partial charge is 0.461 e. The van der Waals surface area contributed by atoms with Gasteiger partial charge in [-0.05, 0) is 18.6 Å². The molecule has 2 aromatic heterocycles. The van der Waals surface area contributed by atoms with E-state index in [1.54, 1.807) is 18.2 Å². The predicted octanol–water partition coefficient (Wildman–Crippen LogP) is 1.31. The van der Waals surface area contributed by atoms with E-state index in [1.165, 1.54) is 6.26 Å². The van der Waals surface area contributed by atoms with Crippen molar-refractivity contribution >= 4 is 17.9 Å². The molecular formula is C15H15N3O6. The zero-order chi connectivity index (χ0) is 16.9. The summed E-state index contributed by atoms with van der Waals surface area (Å²) in [6, 6.07) is 4.65. The highest BCUT2D eigenvalue weighted by Crippen LogP contribution is 2.20. The maximum absolute atomic E-state index is 11.7. The van der Waals surface area contributed by atoms with Crippen molar-refractivity contribution in [3.05, 3.63) is 30.2 Å². The summed E-state index contributed by atoms with van der Waals surface area (Å²) >= 11 is 0. The minimum absolute atomic E-state index is 0.00738. The fraction of sp³-hybridized carbons (Fsp3) is 0.333. The highest BCUT2D eigenvalue weighted by Gasteiger charge is 2.27. The molecule has 0 bridgehead atoms. The summed E-state index contributed by atoms with van der Waals surface area (Å²) in [5, 5.41) is 6.20. The SMILES string of the molecule is O=C(CCCN1C(=O)CNC1=O)OCc1cc(-c2ccco2)on1. The minimum atomic E-state index is -0.440. The number of amides is 3. The second-order valence-electron chi connectivity index (χ2n) is 5.13. The number of rotatable bonds is 7. The van der Waals surface area contributed by atoms with Gasteiger partial charge in [0.25, 0.3) is 0 Å². The second-order valence-corrected chi connectivity index (χ2v) is 5.13. The van der Waals surface area contributed by atoms with Crippen LogP contribution in [-0.4, -0.2) is 41.1 Å². The standard InChI is InChI=1S/C15H15N3O6/c19-13-8-16-15(21)18(13)5-1-4-14(20)23-9-10-7-12(24-17-10)11-3-2-6-22-11/h2-3,6-7H,1,4-5,8-9H2,(H,16,21). The number of furan rings is 1. The second kappa shape index (κ2) is 6.99. The molecular weight excluding hydrogens is 318 g/mol. The van der Waals surface area contributed by atoms with Crippen molar-refractivity contribution in [2.75, 3.05) is 13.1 Å². The van der Waals surface area contributed by atoms with Gasteiger partial charge in [-0.2, -0.15) is 0 Å². The van der Waals surface area contributed by atoms with Crippen molar-refractivity contribution in [2.45, 2.75) is 19.4 Å². The Morgan fingerprint density at radius 3 is 2.96 bits per heavy atom. The van der Waals surface area contributed by atoms with Crippen molar-refractivity contribution in [3.63, 3.8) is 0 Å². The fourth-order valence-electron chi connectivity index (χ4n) is 2.20. The summed E-state index contributed by atoms with van der Waals surface area (Å²) < 4.78 is 15.3. The van der Waals surface area contributed by atoms with E-state index < -0.39 is 12.0 Å². The van der Waals surface area contributed by atoms with Crippen LogP contribution in [0.1, 0.15) is 18.5 Å². The number of hydrogen-bond donors (Lipinski definition) is 1. The number of aromatic nitrogens is 1. The molecule has 9 nitrogen and oxygen atoms in total. The number of carbonyl (C=O) groups is 3. The molecule has 126 valence electrons. The summed E-state index contributed by atoms with van der Waals surface area (Å²) in [6.45, 7) is 0.173. The highest BCUT2D eigenvalue weighted by atomic mass is 16.5. The van der Waals surface area contributed by atoms with E-state index in [0.717, 1.165) is 4.90 Å². The van der Waals surface area contributed by atoms with Crippen molar-refractivity contribution in [3.8, 4) is 11.5 Å². The van der Waals surface area contributed by atoms with E-state index in [2.05, 4.69) is 10.5 Å². The number of ether oxygens (including phenoxy) is 1. The third kappa shape index (κ3) is 3.62. The third-order valence-corrected chi connectivity index (χ3v) is 3.40. The van der Waals surface area contributed by atoms with Crippen molar-refractivity contribution in [2.24, 2.45) is 0 Å². The minimum Gasteiger partial charge on any atom is -0.461 e. The first-order valence-electron chi connectivity index (χ1n) is 7.37. The normalized spacial score (nSPS) is 14.1. The summed E-state index contributed by atoms with van der Waals surface area (Å²) in [5.74, 6) is 0.254. The van der Waals surface area contributed by atoms with Gasteiger partial charge in [0.1, 0.15) is 12.3 Å². The summed E-state index contributed by atoms with van der Waals surface area (Å²) in [6.07, 6.45) is 1.96. The molecule has 3 heterocycles. The van der Waals surface area contributed by atoms with Crippen LogP contribution in [0.5, 0.6) is 0 Å². The number of carbonyl (C=O) groups excluding carboxylic acids is 3. The zero-order valence-corrected chi connectivity index (χ0v) is 12.7. The van der Waals surface area contributed by atoms with Gasteiger partial charge in [-0.15, -0.1) is 0 Å². The molecule has 2 aromatic rings. The van der Waals surface area contributed by atoms with Crippen molar-refractivity contribution in [1.29, 1.82) is 0 Å². The molecule has 3 amide bonds. The van der Waals surface area contributed by atoms with E-state index in [0.29, 0.717) is 23.6 Å². The van der Waals surface area contributed by atoms with Gasteiger partial charge < -0.3 is 19.0 Å². The van der Waals surface area contributed by atoms with Gasteiger partial charge in [-0.1, -0.05) is 5.16 Å². The molecule has 9 heteroatoms. The number of urea groups is 1. The molecule has 0 saturated carbocycles. The van der Waals surface area contributed by atoms with Gasteiger partial charge in [-0.25, -0.2) is 4.79 Å². The van der Waals surface area contributed by atoms with Gasteiger partial charge in [0, 0.05) is 19.0 Å². The molecule has 3 rings (SSSR count). The Balaban J connectivity index is 1.40. The molecule has 0 spiro atoms. The average Bonchev–Trinajstić information content (AvgIpc) is 3.29. The molecule has 0 aromatic carbocycles. The van der Waals surface area contributed by atoms with Gasteiger partial charge in [0.05, 0.1) is 12.8 Å². The molecule has 1 N–H and O–H groups in total. The Labute approximate surface area is 136 Å². The van der Waals surface area contributed by atoms with Crippen LogP contribution in [0.25, 0.3) is 11.5 Å². The first-order chi connectivity index (χ1) is 11.6. The Morgan fingerprint density at radius 1 is 1.38 bits per heavy atom. The molecule has 1 saturated heterocycles. The first kappa shape index (κ1) is 15.8. The number of hydrogen-bond acceptors (Lipinski definition) is 7. The summed E-state index contributed by atoms with van der Waals surface area (Å²) in [5.41, 5.74) is 0.462. The van der Waals surface area contributed by atoms with Crippen LogP contribution >= 0.6 is 0 Å². The van der Waals surface area contributed by atoms with Crippen LogP contribution in [0.15, 0.2) is 33.4 Å². The van der Waals surface area contributed by atoms with Crippen LogP contribution in [0.2, 0.25) is 0 Å². The van der Waals surface area contributed by atoms with Crippen molar-refractivity contribution in [1.82, 2.24) is 15.4 Å². The number of imide groups is 1. The Kier molecular flexibility index (Phi) is 4.59. The quantitative estimate of drug-likeness (QED) is 0.600.